The Morgan fingerprint density at radius 3 is 2.62 bits per heavy atom. The molecular formula is C8H7F2N3. The Labute approximate surface area is 73.8 Å². The van der Waals surface area contributed by atoms with Crippen LogP contribution in [0.4, 0.5) is 14.6 Å². The number of anilines is 1. The summed E-state index contributed by atoms with van der Waals surface area (Å²) in [6, 6.07) is 2.96. The number of nitrogens with two attached hydrogens (primary N) is 1. The lowest BCUT2D eigenvalue weighted by Gasteiger charge is -2.04. The molecule has 13 heavy (non-hydrogen) atoms. The van der Waals surface area contributed by atoms with Gasteiger partial charge in [0.25, 0.3) is 6.43 Å². The fourth-order valence-electron chi connectivity index (χ4n) is 0.981. The molecule has 0 saturated heterocycles. The van der Waals surface area contributed by atoms with Crippen LogP contribution in [-0.2, 0) is 0 Å². The highest BCUT2D eigenvalue weighted by Crippen LogP contribution is 2.22. The van der Waals surface area contributed by atoms with Gasteiger partial charge < -0.3 is 5.73 Å². The molecule has 1 aromatic heterocycles. The van der Waals surface area contributed by atoms with Crippen LogP contribution in [0.1, 0.15) is 23.2 Å². The minimum atomic E-state index is -2.66. The van der Waals surface area contributed by atoms with Gasteiger partial charge in [-0.15, -0.1) is 0 Å². The van der Waals surface area contributed by atoms with E-state index in [1.165, 1.54) is 6.07 Å². The van der Waals surface area contributed by atoms with Gasteiger partial charge in [0.1, 0.15) is 17.6 Å². The summed E-state index contributed by atoms with van der Waals surface area (Å²) in [6.45, 7) is 1.54. The van der Waals surface area contributed by atoms with E-state index in [1.54, 1.807) is 13.0 Å². The summed E-state index contributed by atoms with van der Waals surface area (Å²) in [4.78, 5) is 3.41. The smallest absolute Gasteiger partial charge is 0.280 e. The normalized spacial score (nSPS) is 10.1. The van der Waals surface area contributed by atoms with E-state index in [1.807, 2.05) is 0 Å². The van der Waals surface area contributed by atoms with Crippen molar-refractivity contribution in [2.45, 2.75) is 13.3 Å². The fraction of sp³-hybridized carbons (Fsp3) is 0.250. The zero-order valence-electron chi connectivity index (χ0n) is 6.88. The standard InChI is InChI=1S/C8H7F2N3/c1-4-2-6(7(9)10)13-8(12)5(4)3-11/h2,7H,1H3,(H2,12,13). The number of aryl methyl sites for hydroxylation is 1. The summed E-state index contributed by atoms with van der Waals surface area (Å²) in [5.74, 6) is -0.141. The maximum absolute atomic E-state index is 12.2. The summed E-state index contributed by atoms with van der Waals surface area (Å²) in [7, 11) is 0. The summed E-state index contributed by atoms with van der Waals surface area (Å²) in [5.41, 5.74) is 5.49. The minimum Gasteiger partial charge on any atom is -0.383 e. The van der Waals surface area contributed by atoms with E-state index in [9.17, 15) is 8.78 Å². The number of halogens is 2. The molecule has 0 unspecified atom stereocenters. The van der Waals surface area contributed by atoms with Gasteiger partial charge in [-0.3, -0.25) is 0 Å². The van der Waals surface area contributed by atoms with Crippen LogP contribution >= 0.6 is 0 Å². The van der Waals surface area contributed by atoms with Crippen LogP contribution in [0.25, 0.3) is 0 Å². The van der Waals surface area contributed by atoms with Crippen molar-refractivity contribution >= 4 is 5.82 Å². The highest BCUT2D eigenvalue weighted by molar-refractivity contribution is 5.53. The van der Waals surface area contributed by atoms with Gasteiger partial charge in [-0.05, 0) is 18.6 Å². The SMILES string of the molecule is Cc1cc(C(F)F)nc(N)c1C#N. The molecule has 0 saturated carbocycles. The van der Waals surface area contributed by atoms with E-state index in [4.69, 9.17) is 11.0 Å². The van der Waals surface area contributed by atoms with Crippen molar-refractivity contribution < 1.29 is 8.78 Å². The Kier molecular flexibility index (Phi) is 2.42. The van der Waals surface area contributed by atoms with E-state index in [-0.39, 0.29) is 11.4 Å². The van der Waals surface area contributed by atoms with Crippen LogP contribution in [0.15, 0.2) is 6.07 Å². The number of pyridine rings is 1. The van der Waals surface area contributed by atoms with Crippen LogP contribution in [0.2, 0.25) is 0 Å². The first kappa shape index (κ1) is 9.39. The van der Waals surface area contributed by atoms with Gasteiger partial charge in [0, 0.05) is 0 Å². The largest absolute Gasteiger partial charge is 0.383 e. The molecule has 2 N–H and O–H groups in total. The van der Waals surface area contributed by atoms with Gasteiger partial charge in [-0.25, -0.2) is 13.8 Å². The lowest BCUT2D eigenvalue weighted by Crippen LogP contribution is -2.01. The van der Waals surface area contributed by atoms with Crippen molar-refractivity contribution in [2.75, 3.05) is 5.73 Å². The topological polar surface area (TPSA) is 62.7 Å². The van der Waals surface area contributed by atoms with Gasteiger partial charge in [-0.1, -0.05) is 0 Å². The van der Waals surface area contributed by atoms with Crippen molar-refractivity contribution in [3.8, 4) is 6.07 Å². The molecule has 0 aliphatic rings. The molecule has 68 valence electrons. The molecule has 3 nitrogen and oxygen atoms in total. The Hall–Kier alpha value is -1.70. The average molecular weight is 183 g/mol. The molecular weight excluding hydrogens is 176 g/mol. The van der Waals surface area contributed by atoms with Gasteiger partial charge in [0.15, 0.2) is 0 Å². The van der Waals surface area contributed by atoms with Crippen molar-refractivity contribution in [3.05, 3.63) is 22.9 Å². The average Bonchev–Trinajstić information content (AvgIpc) is 2.03. The number of aromatic nitrogens is 1. The quantitative estimate of drug-likeness (QED) is 0.721. The third-order valence-corrected chi connectivity index (χ3v) is 1.60. The zero-order valence-corrected chi connectivity index (χ0v) is 6.88. The number of nitriles is 1. The first-order valence-corrected chi connectivity index (χ1v) is 3.51. The van der Waals surface area contributed by atoms with E-state index in [0.29, 0.717) is 5.56 Å². The summed E-state index contributed by atoms with van der Waals surface area (Å²) in [6.07, 6.45) is -2.66. The molecule has 0 radical (unpaired) electrons. The number of hydrogen-bond acceptors (Lipinski definition) is 3. The second-order valence-electron chi connectivity index (χ2n) is 2.54. The predicted molar refractivity (Wildman–Crippen MR) is 43.1 cm³/mol. The third kappa shape index (κ3) is 1.72. The molecule has 0 aromatic carbocycles. The maximum Gasteiger partial charge on any atom is 0.280 e. The Morgan fingerprint density at radius 2 is 2.23 bits per heavy atom. The van der Waals surface area contributed by atoms with Crippen LogP contribution in [0, 0.1) is 18.3 Å². The van der Waals surface area contributed by atoms with Crippen molar-refractivity contribution in [1.29, 1.82) is 5.26 Å². The van der Waals surface area contributed by atoms with Crippen LogP contribution < -0.4 is 5.73 Å². The third-order valence-electron chi connectivity index (χ3n) is 1.60. The van der Waals surface area contributed by atoms with Gasteiger partial charge >= 0.3 is 0 Å². The molecule has 1 heterocycles. The first-order chi connectivity index (χ1) is 6.06. The number of hydrogen-bond donors (Lipinski definition) is 1. The molecule has 0 aliphatic heterocycles. The highest BCUT2D eigenvalue weighted by Gasteiger charge is 2.13. The Morgan fingerprint density at radius 1 is 1.62 bits per heavy atom. The molecule has 0 atom stereocenters. The van der Waals surface area contributed by atoms with E-state index >= 15 is 0 Å². The van der Waals surface area contributed by atoms with Crippen LogP contribution in [0.3, 0.4) is 0 Å². The lowest BCUT2D eigenvalue weighted by atomic mass is 10.1. The second kappa shape index (κ2) is 3.35. The summed E-state index contributed by atoms with van der Waals surface area (Å²) in [5, 5.41) is 8.57. The van der Waals surface area contributed by atoms with E-state index in [0.717, 1.165) is 0 Å². The van der Waals surface area contributed by atoms with Crippen molar-refractivity contribution in [2.24, 2.45) is 0 Å². The molecule has 0 bridgehead atoms. The molecule has 0 amide bonds. The van der Waals surface area contributed by atoms with Gasteiger partial charge in [0.05, 0.1) is 5.56 Å². The van der Waals surface area contributed by atoms with Crippen LogP contribution in [-0.4, -0.2) is 4.98 Å². The van der Waals surface area contributed by atoms with Crippen molar-refractivity contribution in [3.63, 3.8) is 0 Å². The molecule has 1 rings (SSSR count). The first-order valence-electron chi connectivity index (χ1n) is 3.51. The molecule has 0 spiro atoms. The molecule has 5 heteroatoms. The Balaban J connectivity index is 3.30. The van der Waals surface area contributed by atoms with E-state index < -0.39 is 12.1 Å². The number of nitrogens with zero attached hydrogens (tertiary/aromatic N) is 2. The molecule has 0 aliphatic carbocycles. The van der Waals surface area contributed by atoms with Gasteiger partial charge in [0.2, 0.25) is 0 Å². The monoisotopic (exact) mass is 183 g/mol. The lowest BCUT2D eigenvalue weighted by molar-refractivity contribution is 0.146. The number of rotatable bonds is 1. The maximum atomic E-state index is 12.2. The number of nitrogen functional groups attached to an aromatic ring is 1. The molecule has 1 aromatic rings. The molecule has 0 fully saturated rings. The van der Waals surface area contributed by atoms with Gasteiger partial charge in [-0.2, -0.15) is 5.26 Å². The Bertz CT molecular complexity index is 345. The van der Waals surface area contributed by atoms with Crippen LogP contribution in [0.5, 0.6) is 0 Å². The summed E-state index contributed by atoms with van der Waals surface area (Å²) >= 11 is 0. The minimum absolute atomic E-state index is 0.141. The second-order valence-corrected chi connectivity index (χ2v) is 2.54. The summed E-state index contributed by atoms with van der Waals surface area (Å²) < 4.78 is 24.3. The van der Waals surface area contributed by atoms with E-state index in [2.05, 4.69) is 4.98 Å². The zero-order chi connectivity index (χ0) is 10.0. The van der Waals surface area contributed by atoms with Crippen molar-refractivity contribution in [1.82, 2.24) is 4.98 Å². The fourth-order valence-corrected chi connectivity index (χ4v) is 0.981. The number of alkyl halides is 2. The highest BCUT2D eigenvalue weighted by atomic mass is 19.3. The predicted octanol–water partition coefficient (Wildman–Crippen LogP) is 1.78.